The Morgan fingerprint density at radius 1 is 1.23 bits per heavy atom. The van der Waals surface area contributed by atoms with Crippen LogP contribution in [0.1, 0.15) is 24.4 Å². The Labute approximate surface area is 161 Å². The van der Waals surface area contributed by atoms with Gasteiger partial charge < -0.3 is 10.2 Å². The minimum absolute atomic E-state index is 0.0564. The van der Waals surface area contributed by atoms with Crippen LogP contribution in [0, 0.1) is 5.92 Å². The lowest BCUT2D eigenvalue weighted by atomic mass is 10.2. The summed E-state index contributed by atoms with van der Waals surface area (Å²) in [5.74, 6) is -0.0404. The molecule has 2 aromatic heterocycles. The number of carbonyl (C=O) groups excluding carboxylic acids is 2. The molecule has 0 atom stereocenters. The van der Waals surface area contributed by atoms with Crippen LogP contribution in [-0.4, -0.2) is 52.8 Å². The van der Waals surface area contributed by atoms with E-state index in [2.05, 4.69) is 32.7 Å². The molecule has 0 aromatic carbocycles. The number of carbonyl (C=O) groups is 2. The van der Waals surface area contributed by atoms with Crippen LogP contribution in [0.15, 0.2) is 22.9 Å². The van der Waals surface area contributed by atoms with Gasteiger partial charge in [0.1, 0.15) is 0 Å². The van der Waals surface area contributed by atoms with Crippen molar-refractivity contribution in [2.24, 2.45) is 5.92 Å². The molecular weight excluding hydrogens is 368 g/mol. The van der Waals surface area contributed by atoms with Gasteiger partial charge in [0.25, 0.3) is 0 Å². The van der Waals surface area contributed by atoms with Crippen LogP contribution < -0.4 is 5.32 Å². The molecule has 0 bridgehead atoms. The van der Waals surface area contributed by atoms with Crippen molar-refractivity contribution in [2.75, 3.05) is 31.5 Å². The minimum Gasteiger partial charge on any atom is -0.340 e. The second-order valence-corrected chi connectivity index (χ2v) is 8.59. The standard InChI is InChI=1S/C18H24N4O2S2/c1-13(2)17(24)20-18-19-14(12-26-18)10-16(23)22-7-5-21(6-8-22)11-15-4-3-9-25-15/h3-4,9,12-13H,5-8,10-11H2,1-2H3,(H,19,20,24). The molecule has 0 saturated carbocycles. The Morgan fingerprint density at radius 3 is 2.65 bits per heavy atom. The van der Waals surface area contributed by atoms with Crippen molar-refractivity contribution in [1.82, 2.24) is 14.8 Å². The van der Waals surface area contributed by atoms with E-state index in [1.54, 1.807) is 11.3 Å². The number of thiophene rings is 1. The largest absolute Gasteiger partial charge is 0.340 e. The van der Waals surface area contributed by atoms with Crippen molar-refractivity contribution in [3.63, 3.8) is 0 Å². The molecule has 1 aliphatic rings. The van der Waals surface area contributed by atoms with E-state index < -0.39 is 0 Å². The average Bonchev–Trinajstić information content (AvgIpc) is 3.27. The molecule has 3 rings (SSSR count). The molecule has 1 fully saturated rings. The zero-order chi connectivity index (χ0) is 18.5. The van der Waals surface area contributed by atoms with Crippen LogP contribution >= 0.6 is 22.7 Å². The number of aromatic nitrogens is 1. The Hall–Kier alpha value is -1.77. The summed E-state index contributed by atoms with van der Waals surface area (Å²) in [6.07, 6.45) is 0.291. The predicted molar refractivity (Wildman–Crippen MR) is 105 cm³/mol. The van der Waals surface area contributed by atoms with E-state index in [1.807, 2.05) is 24.1 Å². The maximum atomic E-state index is 12.5. The number of hydrogen-bond acceptors (Lipinski definition) is 6. The fourth-order valence-electron chi connectivity index (χ4n) is 2.74. The van der Waals surface area contributed by atoms with Gasteiger partial charge in [-0.25, -0.2) is 4.98 Å². The molecule has 3 heterocycles. The van der Waals surface area contributed by atoms with Crippen LogP contribution in [0.25, 0.3) is 0 Å². The second kappa shape index (κ2) is 8.75. The first-order chi connectivity index (χ1) is 12.5. The second-order valence-electron chi connectivity index (χ2n) is 6.70. The van der Waals surface area contributed by atoms with Crippen molar-refractivity contribution >= 4 is 39.6 Å². The number of rotatable bonds is 6. The first-order valence-corrected chi connectivity index (χ1v) is 10.5. The lowest BCUT2D eigenvalue weighted by molar-refractivity contribution is -0.132. The van der Waals surface area contributed by atoms with E-state index in [9.17, 15) is 9.59 Å². The number of anilines is 1. The van der Waals surface area contributed by atoms with E-state index in [1.165, 1.54) is 16.2 Å². The molecule has 0 radical (unpaired) electrons. The summed E-state index contributed by atoms with van der Waals surface area (Å²) in [5, 5.41) is 7.29. The number of nitrogens with zero attached hydrogens (tertiary/aromatic N) is 3. The maximum absolute atomic E-state index is 12.5. The molecule has 1 N–H and O–H groups in total. The SMILES string of the molecule is CC(C)C(=O)Nc1nc(CC(=O)N2CCN(Cc3cccs3)CC2)cs1. The van der Waals surface area contributed by atoms with Gasteiger partial charge in [0.2, 0.25) is 11.8 Å². The summed E-state index contributed by atoms with van der Waals surface area (Å²) < 4.78 is 0. The Bertz CT molecular complexity index is 734. The maximum Gasteiger partial charge on any atom is 0.228 e. The monoisotopic (exact) mass is 392 g/mol. The Morgan fingerprint density at radius 2 is 2.00 bits per heavy atom. The van der Waals surface area contributed by atoms with E-state index in [-0.39, 0.29) is 17.7 Å². The zero-order valence-electron chi connectivity index (χ0n) is 15.1. The van der Waals surface area contributed by atoms with Crippen LogP contribution in [0.4, 0.5) is 5.13 Å². The lowest BCUT2D eigenvalue weighted by Crippen LogP contribution is -2.48. The van der Waals surface area contributed by atoms with E-state index in [0.717, 1.165) is 38.4 Å². The zero-order valence-corrected chi connectivity index (χ0v) is 16.7. The topological polar surface area (TPSA) is 65.5 Å². The third kappa shape index (κ3) is 5.12. The Balaban J connectivity index is 1.45. The van der Waals surface area contributed by atoms with Gasteiger partial charge in [0, 0.05) is 48.9 Å². The summed E-state index contributed by atoms with van der Waals surface area (Å²) in [6, 6.07) is 4.23. The van der Waals surface area contributed by atoms with Crippen molar-refractivity contribution in [3.8, 4) is 0 Å². The van der Waals surface area contributed by atoms with Crippen molar-refractivity contribution < 1.29 is 9.59 Å². The smallest absolute Gasteiger partial charge is 0.228 e. The summed E-state index contributed by atoms with van der Waals surface area (Å²) >= 11 is 3.14. The number of hydrogen-bond donors (Lipinski definition) is 1. The third-order valence-corrected chi connectivity index (χ3v) is 5.99. The molecule has 2 aromatic rings. The fraction of sp³-hybridized carbons (Fsp3) is 0.500. The van der Waals surface area contributed by atoms with Crippen molar-refractivity contribution in [2.45, 2.75) is 26.8 Å². The normalized spacial score (nSPS) is 15.4. The molecule has 8 heteroatoms. The number of nitrogens with one attached hydrogen (secondary N) is 1. The molecule has 26 heavy (non-hydrogen) atoms. The average molecular weight is 393 g/mol. The first kappa shape index (κ1) is 19.0. The molecule has 0 aliphatic carbocycles. The predicted octanol–water partition coefficient (Wildman–Crippen LogP) is 2.69. The molecule has 1 saturated heterocycles. The van der Waals surface area contributed by atoms with Gasteiger partial charge in [0.05, 0.1) is 12.1 Å². The number of thiazole rings is 1. The molecule has 0 spiro atoms. The lowest BCUT2D eigenvalue weighted by Gasteiger charge is -2.34. The summed E-state index contributed by atoms with van der Waals surface area (Å²) in [7, 11) is 0. The highest BCUT2D eigenvalue weighted by atomic mass is 32.1. The highest BCUT2D eigenvalue weighted by Gasteiger charge is 2.22. The third-order valence-electron chi connectivity index (χ3n) is 4.32. The van der Waals surface area contributed by atoms with Crippen molar-refractivity contribution in [3.05, 3.63) is 33.5 Å². The van der Waals surface area contributed by atoms with Gasteiger partial charge in [-0.05, 0) is 11.4 Å². The quantitative estimate of drug-likeness (QED) is 0.821. The number of piperazine rings is 1. The molecule has 1 aliphatic heterocycles. The highest BCUT2D eigenvalue weighted by Crippen LogP contribution is 2.18. The molecule has 0 unspecified atom stereocenters. The number of amides is 2. The van der Waals surface area contributed by atoms with Gasteiger partial charge in [-0.2, -0.15) is 0 Å². The molecule has 2 amide bonds. The molecule has 140 valence electrons. The van der Waals surface area contributed by atoms with Gasteiger partial charge in [-0.15, -0.1) is 22.7 Å². The highest BCUT2D eigenvalue weighted by molar-refractivity contribution is 7.14. The van der Waals surface area contributed by atoms with Crippen molar-refractivity contribution in [1.29, 1.82) is 0 Å². The van der Waals surface area contributed by atoms with Crippen LogP contribution in [0.2, 0.25) is 0 Å². The van der Waals surface area contributed by atoms with Crippen LogP contribution in [0.5, 0.6) is 0 Å². The van der Waals surface area contributed by atoms with Gasteiger partial charge in [-0.3, -0.25) is 14.5 Å². The van der Waals surface area contributed by atoms with E-state index >= 15 is 0 Å². The van der Waals surface area contributed by atoms with Gasteiger partial charge in [0.15, 0.2) is 5.13 Å². The van der Waals surface area contributed by atoms with Crippen LogP contribution in [-0.2, 0) is 22.6 Å². The Kier molecular flexibility index (Phi) is 6.39. The van der Waals surface area contributed by atoms with Gasteiger partial charge >= 0.3 is 0 Å². The first-order valence-electron chi connectivity index (χ1n) is 8.79. The molecular formula is C18H24N4O2S2. The van der Waals surface area contributed by atoms with E-state index in [4.69, 9.17) is 0 Å². The van der Waals surface area contributed by atoms with Crippen LogP contribution in [0.3, 0.4) is 0 Å². The summed E-state index contributed by atoms with van der Waals surface area (Å²) in [6.45, 7) is 7.95. The fourth-order valence-corrected chi connectivity index (χ4v) is 4.20. The van der Waals surface area contributed by atoms with Gasteiger partial charge in [-0.1, -0.05) is 19.9 Å². The van der Waals surface area contributed by atoms with E-state index in [0.29, 0.717) is 11.6 Å². The summed E-state index contributed by atoms with van der Waals surface area (Å²) in [5.41, 5.74) is 0.722. The minimum atomic E-state index is -0.0885. The molecule has 6 nitrogen and oxygen atoms in total. The summed E-state index contributed by atoms with van der Waals surface area (Å²) in [4.78, 5) is 34.3.